The topological polar surface area (TPSA) is 145 Å². The van der Waals surface area contributed by atoms with Crippen molar-refractivity contribution in [3.05, 3.63) is 216 Å². The van der Waals surface area contributed by atoms with Crippen LogP contribution in [0.1, 0.15) is 0 Å². The van der Waals surface area contributed by atoms with E-state index in [1.165, 1.54) is 21.5 Å². The maximum Gasteiger partial charge on any atom is 0.570 e. The number of hydrogen-bond acceptors (Lipinski definition) is 11. The molecular formula is C55H34BCl3N9O2. The quantitative estimate of drug-likeness (QED) is 0.0925. The fourth-order valence-corrected chi connectivity index (χ4v) is 8.66. The van der Waals surface area contributed by atoms with Gasteiger partial charge in [0.2, 0.25) is 10.6 Å². The van der Waals surface area contributed by atoms with Gasteiger partial charge in [-0.05, 0) is 109 Å². The van der Waals surface area contributed by atoms with E-state index in [-0.39, 0.29) is 10.6 Å². The zero-order valence-corrected chi connectivity index (χ0v) is 38.9. The molecule has 6 aromatic heterocycles. The van der Waals surface area contributed by atoms with Crippen LogP contribution in [0.5, 0.6) is 5.88 Å². The van der Waals surface area contributed by atoms with Crippen molar-refractivity contribution in [1.29, 1.82) is 0 Å². The van der Waals surface area contributed by atoms with Crippen LogP contribution in [0.15, 0.2) is 201 Å². The van der Waals surface area contributed by atoms with Gasteiger partial charge in [0.25, 0.3) is 0 Å². The van der Waals surface area contributed by atoms with Gasteiger partial charge in [0.1, 0.15) is 10.8 Å². The van der Waals surface area contributed by atoms with Crippen LogP contribution in [0.4, 0.5) is 0 Å². The molecule has 6 aromatic carbocycles. The van der Waals surface area contributed by atoms with Crippen LogP contribution in [0.3, 0.4) is 0 Å². The molecule has 0 aliphatic carbocycles. The zero-order chi connectivity index (χ0) is 47.8. The van der Waals surface area contributed by atoms with Crippen LogP contribution in [-0.4, -0.2) is 57.6 Å². The summed E-state index contributed by atoms with van der Waals surface area (Å²) in [5.74, 6) is 1.28. The van der Waals surface area contributed by atoms with Gasteiger partial charge in [-0.1, -0.05) is 133 Å². The summed E-state index contributed by atoms with van der Waals surface area (Å²) >= 11 is 18.1. The zero-order valence-electron chi connectivity index (χ0n) is 36.6. The maximum absolute atomic E-state index is 8.67. The first kappa shape index (κ1) is 45.5. The summed E-state index contributed by atoms with van der Waals surface area (Å²) in [7, 11) is 0.634. The molecule has 0 saturated carbocycles. The van der Waals surface area contributed by atoms with Crippen molar-refractivity contribution in [2.45, 2.75) is 0 Å². The summed E-state index contributed by atoms with van der Waals surface area (Å²) in [6, 6.07) is 57.8. The normalized spacial score (nSPS) is 10.9. The first-order valence-corrected chi connectivity index (χ1v) is 22.8. The molecule has 1 N–H and O–H groups in total. The molecule has 0 fully saturated rings. The number of rotatable bonds is 7. The van der Waals surface area contributed by atoms with Gasteiger partial charge >= 0.3 is 7.69 Å². The van der Waals surface area contributed by atoms with Crippen molar-refractivity contribution < 1.29 is 9.68 Å². The van der Waals surface area contributed by atoms with Crippen LogP contribution in [-0.2, 0) is 0 Å². The Labute approximate surface area is 416 Å². The Morgan fingerprint density at radius 2 is 0.900 bits per heavy atom. The minimum absolute atomic E-state index is 0.119. The van der Waals surface area contributed by atoms with E-state index in [9.17, 15) is 0 Å². The Hall–Kier alpha value is -8.26. The largest absolute Gasteiger partial charge is 0.570 e. The summed E-state index contributed by atoms with van der Waals surface area (Å²) in [5.41, 5.74) is 9.14. The summed E-state index contributed by atoms with van der Waals surface area (Å²) < 4.78 is 4.90. The molecule has 11 nitrogen and oxygen atoms in total. The van der Waals surface area contributed by atoms with Crippen LogP contribution < -0.4 is 4.65 Å². The van der Waals surface area contributed by atoms with E-state index in [0.717, 1.165) is 55.2 Å². The molecule has 335 valence electrons. The predicted octanol–water partition coefficient (Wildman–Crippen LogP) is 13.4. The molecule has 70 heavy (non-hydrogen) atoms. The Morgan fingerprint density at radius 1 is 0.386 bits per heavy atom. The van der Waals surface area contributed by atoms with Gasteiger partial charge in [-0.3, -0.25) is 15.0 Å². The van der Waals surface area contributed by atoms with Gasteiger partial charge in [-0.15, -0.1) is 0 Å². The Balaban J connectivity index is 0.000000131. The monoisotopic (exact) mass is 968 g/mol. The third kappa shape index (κ3) is 10.1. The van der Waals surface area contributed by atoms with Crippen molar-refractivity contribution in [2.24, 2.45) is 0 Å². The van der Waals surface area contributed by atoms with Crippen molar-refractivity contribution >= 4 is 85.8 Å². The first-order valence-electron chi connectivity index (χ1n) is 21.7. The highest BCUT2D eigenvalue weighted by molar-refractivity contribution is 6.32. The van der Waals surface area contributed by atoms with Gasteiger partial charge in [-0.25, -0.2) is 19.9 Å². The molecule has 0 aliphatic rings. The van der Waals surface area contributed by atoms with E-state index >= 15 is 0 Å². The second-order valence-corrected chi connectivity index (χ2v) is 16.5. The standard InChI is InChI=1S/C27H16ClN5.C15H11BNO2.C13H7Cl2N3/c28-27-32-25(22-13-15-29-23-11-4-3-9-21(22)23)31-26(33-27)24-16-18(12-14-30-24)20-10-5-7-17-6-1-2-8-19(17)20;18-16-19-15-10-12(8-9-17-15)14-7-3-5-11-4-1-2-6-13(11)14;14-12-7-11(17-13(15)18-12)9-5-6-16-10-4-2-1-3-8(9)10/h1-16H;1-10,18H;1-7H. The van der Waals surface area contributed by atoms with Crippen molar-refractivity contribution in [2.75, 3.05) is 0 Å². The lowest BCUT2D eigenvalue weighted by molar-refractivity contribution is 0.443. The molecule has 0 spiro atoms. The van der Waals surface area contributed by atoms with E-state index in [1.807, 2.05) is 109 Å². The number of hydrogen-bond donors (Lipinski definition) is 1. The van der Waals surface area contributed by atoms with E-state index in [2.05, 4.69) is 94.5 Å². The summed E-state index contributed by atoms with van der Waals surface area (Å²) in [6.45, 7) is 0. The van der Waals surface area contributed by atoms with Gasteiger partial charge in [-0.2, -0.15) is 9.97 Å². The second-order valence-electron chi connectivity index (χ2n) is 15.4. The van der Waals surface area contributed by atoms with Crippen LogP contribution >= 0.6 is 34.8 Å². The van der Waals surface area contributed by atoms with Crippen molar-refractivity contribution in [3.63, 3.8) is 0 Å². The van der Waals surface area contributed by atoms with E-state index < -0.39 is 0 Å². The number of halogens is 3. The predicted molar refractivity (Wildman–Crippen MR) is 280 cm³/mol. The SMILES string of the molecule is Clc1cc(-c2ccnc3ccccc23)nc(Cl)n1.Clc1nc(-c2cc(-c3cccc4ccccc34)ccn2)nc(-c2ccnc3ccccc23)n1.O[B]Oc1cc(-c2cccc3ccccc23)ccn1. The molecule has 0 saturated heterocycles. The third-order valence-corrected chi connectivity index (χ3v) is 11.7. The second kappa shape index (κ2) is 20.9. The van der Waals surface area contributed by atoms with Gasteiger partial charge in [0.05, 0.1) is 16.7 Å². The Kier molecular flexibility index (Phi) is 13.6. The number of fused-ring (bicyclic) bond motifs is 4. The lowest BCUT2D eigenvalue weighted by Crippen LogP contribution is -2.01. The van der Waals surface area contributed by atoms with Crippen LogP contribution in [0.2, 0.25) is 15.7 Å². The minimum atomic E-state index is 0.119. The molecule has 15 heteroatoms. The lowest BCUT2D eigenvalue weighted by Gasteiger charge is -2.09. The highest BCUT2D eigenvalue weighted by Crippen LogP contribution is 2.33. The van der Waals surface area contributed by atoms with Crippen LogP contribution in [0.25, 0.3) is 99.8 Å². The van der Waals surface area contributed by atoms with Gasteiger partial charge in [0.15, 0.2) is 17.5 Å². The van der Waals surface area contributed by atoms with Gasteiger partial charge in [0, 0.05) is 58.8 Å². The number of benzene rings is 6. The molecule has 0 aliphatic heterocycles. The number of nitrogens with zero attached hydrogens (tertiary/aromatic N) is 9. The maximum atomic E-state index is 8.67. The molecule has 6 heterocycles. The average molecular weight is 970 g/mol. The first-order chi connectivity index (χ1) is 34.4. The summed E-state index contributed by atoms with van der Waals surface area (Å²) in [6.07, 6.45) is 6.91. The van der Waals surface area contributed by atoms with E-state index in [1.54, 1.807) is 36.9 Å². The van der Waals surface area contributed by atoms with E-state index in [4.69, 9.17) is 49.5 Å². The minimum Gasteiger partial charge on any atom is -0.523 e. The fraction of sp³-hybridized carbons (Fsp3) is 0. The molecule has 12 aromatic rings. The summed E-state index contributed by atoms with van der Waals surface area (Å²) in [4.78, 5) is 38.8. The van der Waals surface area contributed by atoms with Gasteiger partial charge < -0.3 is 9.68 Å². The number of aromatic nitrogens is 9. The number of para-hydroxylation sites is 2. The highest BCUT2D eigenvalue weighted by atomic mass is 35.5. The third-order valence-electron chi connectivity index (χ3n) is 11.2. The Bertz CT molecular complexity index is 3810. The number of pyridine rings is 4. The molecule has 1 radical (unpaired) electrons. The van der Waals surface area contributed by atoms with E-state index in [0.29, 0.717) is 41.8 Å². The molecule has 0 bridgehead atoms. The average Bonchev–Trinajstić information content (AvgIpc) is 3.40. The molecule has 0 unspecified atom stereocenters. The summed E-state index contributed by atoms with van der Waals surface area (Å²) in [5, 5.41) is 15.9. The molecular weight excluding hydrogens is 936 g/mol. The smallest absolute Gasteiger partial charge is 0.523 e. The molecule has 0 amide bonds. The molecule has 0 atom stereocenters. The lowest BCUT2D eigenvalue weighted by atomic mass is 9.98. The fourth-order valence-electron chi connectivity index (χ4n) is 8.09. The molecule has 12 rings (SSSR count). The van der Waals surface area contributed by atoms with Crippen LogP contribution in [0, 0.1) is 0 Å². The van der Waals surface area contributed by atoms with Crippen molar-refractivity contribution in [3.8, 4) is 62.3 Å². The Morgan fingerprint density at radius 3 is 1.54 bits per heavy atom. The van der Waals surface area contributed by atoms with Crippen molar-refractivity contribution in [1.82, 2.24) is 44.9 Å². The highest BCUT2D eigenvalue weighted by Gasteiger charge is 2.15.